The summed E-state index contributed by atoms with van der Waals surface area (Å²) in [5, 5.41) is 12.3. The summed E-state index contributed by atoms with van der Waals surface area (Å²) in [6.45, 7) is 2.97. The van der Waals surface area contributed by atoms with E-state index in [1.54, 1.807) is 24.4 Å². The summed E-state index contributed by atoms with van der Waals surface area (Å²) in [6.07, 6.45) is 4.99. The molecule has 1 heterocycles. The Bertz CT molecular complexity index is 636. The molecule has 1 amide bonds. The molecular weight excluding hydrogens is 300 g/mol. The van der Waals surface area contributed by atoms with E-state index in [1.165, 1.54) is 6.42 Å². The number of hydrogen-bond acceptors (Lipinski definition) is 4. The number of hydrogen-bond donors (Lipinski definition) is 2. The Kier molecular flexibility index (Phi) is 5.29. The SMILES string of the molecule is CC1CCCCN1/C=C(/C#N)C(=O)Nc1ccc(N)c(Cl)c1. The van der Waals surface area contributed by atoms with E-state index in [-0.39, 0.29) is 5.57 Å². The van der Waals surface area contributed by atoms with Gasteiger partial charge >= 0.3 is 0 Å². The summed E-state index contributed by atoms with van der Waals surface area (Å²) < 4.78 is 0. The Morgan fingerprint density at radius 3 is 2.95 bits per heavy atom. The smallest absolute Gasteiger partial charge is 0.267 e. The van der Waals surface area contributed by atoms with Crippen molar-refractivity contribution >= 4 is 28.9 Å². The summed E-state index contributed by atoms with van der Waals surface area (Å²) in [7, 11) is 0. The van der Waals surface area contributed by atoms with E-state index in [4.69, 9.17) is 17.3 Å². The van der Waals surface area contributed by atoms with Crippen molar-refractivity contribution in [3.63, 3.8) is 0 Å². The molecule has 3 N–H and O–H groups in total. The van der Waals surface area contributed by atoms with Gasteiger partial charge in [-0.05, 0) is 44.4 Å². The van der Waals surface area contributed by atoms with E-state index in [0.29, 0.717) is 22.4 Å². The van der Waals surface area contributed by atoms with E-state index >= 15 is 0 Å². The van der Waals surface area contributed by atoms with Crippen molar-refractivity contribution in [2.75, 3.05) is 17.6 Å². The number of nitrogens with two attached hydrogens (primary N) is 1. The number of carbonyl (C=O) groups excluding carboxylic acids is 1. The number of nitriles is 1. The summed E-state index contributed by atoms with van der Waals surface area (Å²) in [5.41, 5.74) is 6.67. The second kappa shape index (κ2) is 7.19. The lowest BCUT2D eigenvalue weighted by molar-refractivity contribution is -0.112. The van der Waals surface area contributed by atoms with Crippen molar-refractivity contribution < 1.29 is 4.79 Å². The third kappa shape index (κ3) is 3.92. The Morgan fingerprint density at radius 2 is 2.32 bits per heavy atom. The molecule has 1 saturated heterocycles. The molecular formula is C16H19ClN4O. The fraction of sp³-hybridized carbons (Fsp3) is 0.375. The van der Waals surface area contributed by atoms with Crippen LogP contribution in [0.25, 0.3) is 0 Å². The number of carbonyl (C=O) groups is 1. The molecule has 1 atom stereocenters. The number of anilines is 2. The fourth-order valence-electron chi connectivity index (χ4n) is 2.42. The Morgan fingerprint density at radius 1 is 1.55 bits per heavy atom. The van der Waals surface area contributed by atoms with Gasteiger partial charge in [0.15, 0.2) is 0 Å². The van der Waals surface area contributed by atoms with E-state index in [9.17, 15) is 10.1 Å². The molecule has 5 nitrogen and oxygen atoms in total. The minimum absolute atomic E-state index is 0.0849. The van der Waals surface area contributed by atoms with E-state index < -0.39 is 5.91 Å². The maximum Gasteiger partial charge on any atom is 0.267 e. The van der Waals surface area contributed by atoms with E-state index in [1.807, 2.05) is 6.07 Å². The predicted molar refractivity (Wildman–Crippen MR) is 88.2 cm³/mol. The average molecular weight is 319 g/mol. The van der Waals surface area contributed by atoms with Gasteiger partial charge in [0.1, 0.15) is 11.6 Å². The van der Waals surface area contributed by atoms with Gasteiger partial charge in [-0.3, -0.25) is 4.79 Å². The van der Waals surface area contributed by atoms with Gasteiger partial charge in [-0.2, -0.15) is 5.26 Å². The number of nitrogens with zero attached hydrogens (tertiary/aromatic N) is 2. The largest absolute Gasteiger partial charge is 0.398 e. The van der Waals surface area contributed by atoms with Gasteiger partial charge in [0.2, 0.25) is 0 Å². The standard InChI is InChI=1S/C16H19ClN4O/c1-11-4-2-3-7-21(11)10-12(9-18)16(22)20-13-5-6-15(19)14(17)8-13/h5-6,8,10-11H,2-4,7,19H2,1H3,(H,20,22)/b12-10-. The van der Waals surface area contributed by atoms with Crippen molar-refractivity contribution in [1.82, 2.24) is 4.90 Å². The maximum absolute atomic E-state index is 12.2. The molecule has 2 rings (SSSR count). The summed E-state index contributed by atoms with van der Waals surface area (Å²) in [6, 6.07) is 7.13. The zero-order valence-corrected chi connectivity index (χ0v) is 13.2. The number of piperidine rings is 1. The van der Waals surface area contributed by atoms with Crippen molar-refractivity contribution in [2.24, 2.45) is 0 Å². The van der Waals surface area contributed by atoms with Crippen LogP contribution in [0.15, 0.2) is 30.0 Å². The lowest BCUT2D eigenvalue weighted by Crippen LogP contribution is -2.34. The Labute approximate surface area is 135 Å². The van der Waals surface area contributed by atoms with Crippen LogP contribution < -0.4 is 11.1 Å². The summed E-state index contributed by atoms with van der Waals surface area (Å²) >= 11 is 5.92. The van der Waals surface area contributed by atoms with Crippen LogP contribution in [0.4, 0.5) is 11.4 Å². The van der Waals surface area contributed by atoms with Crippen molar-refractivity contribution in [3.8, 4) is 6.07 Å². The third-order valence-corrected chi connectivity index (χ3v) is 4.10. The normalized spacial score (nSPS) is 18.7. The van der Waals surface area contributed by atoms with Gasteiger partial charge < -0.3 is 16.0 Å². The third-order valence-electron chi connectivity index (χ3n) is 3.77. The minimum atomic E-state index is -0.443. The van der Waals surface area contributed by atoms with Crippen LogP contribution in [0.1, 0.15) is 26.2 Å². The molecule has 1 aliphatic rings. The molecule has 0 aromatic heterocycles. The molecule has 0 aliphatic carbocycles. The molecule has 1 aliphatic heterocycles. The highest BCUT2D eigenvalue weighted by molar-refractivity contribution is 6.33. The minimum Gasteiger partial charge on any atom is -0.398 e. The quantitative estimate of drug-likeness (QED) is 0.509. The molecule has 1 unspecified atom stereocenters. The molecule has 0 bridgehead atoms. The lowest BCUT2D eigenvalue weighted by atomic mass is 10.0. The Hall–Kier alpha value is -2.19. The molecule has 0 saturated carbocycles. The summed E-state index contributed by atoms with van der Waals surface area (Å²) in [5.74, 6) is -0.443. The molecule has 22 heavy (non-hydrogen) atoms. The van der Waals surface area contributed by atoms with Crippen LogP contribution in [-0.2, 0) is 4.79 Å². The van der Waals surface area contributed by atoms with Gasteiger partial charge in [-0.1, -0.05) is 11.6 Å². The molecule has 1 fully saturated rings. The fourth-order valence-corrected chi connectivity index (χ4v) is 2.60. The highest BCUT2D eigenvalue weighted by Gasteiger charge is 2.18. The number of amides is 1. The zero-order chi connectivity index (χ0) is 16.1. The van der Waals surface area contributed by atoms with Crippen LogP contribution in [-0.4, -0.2) is 23.4 Å². The van der Waals surface area contributed by atoms with Crippen molar-refractivity contribution in [3.05, 3.63) is 35.0 Å². The van der Waals surface area contributed by atoms with Crippen LogP contribution in [0, 0.1) is 11.3 Å². The number of halogens is 1. The number of benzene rings is 1. The van der Waals surface area contributed by atoms with E-state index in [0.717, 1.165) is 19.4 Å². The van der Waals surface area contributed by atoms with Gasteiger partial charge in [-0.25, -0.2) is 0 Å². The molecule has 116 valence electrons. The molecule has 1 aromatic rings. The van der Waals surface area contributed by atoms with Crippen LogP contribution in [0.3, 0.4) is 0 Å². The monoisotopic (exact) mass is 318 g/mol. The highest BCUT2D eigenvalue weighted by Crippen LogP contribution is 2.23. The highest BCUT2D eigenvalue weighted by atomic mass is 35.5. The van der Waals surface area contributed by atoms with Gasteiger partial charge in [-0.15, -0.1) is 0 Å². The molecule has 1 aromatic carbocycles. The van der Waals surface area contributed by atoms with Crippen molar-refractivity contribution in [1.29, 1.82) is 5.26 Å². The average Bonchev–Trinajstić information content (AvgIpc) is 2.50. The van der Waals surface area contributed by atoms with Crippen LogP contribution in [0.2, 0.25) is 5.02 Å². The first-order chi connectivity index (χ1) is 10.5. The second-order valence-electron chi connectivity index (χ2n) is 5.43. The predicted octanol–water partition coefficient (Wildman–Crippen LogP) is 3.14. The number of nitrogen functional groups attached to an aromatic ring is 1. The Balaban J connectivity index is 2.11. The van der Waals surface area contributed by atoms with Gasteiger partial charge in [0, 0.05) is 24.5 Å². The molecule has 0 spiro atoms. The maximum atomic E-state index is 12.2. The van der Waals surface area contributed by atoms with E-state index in [2.05, 4.69) is 17.1 Å². The van der Waals surface area contributed by atoms with Crippen LogP contribution >= 0.6 is 11.6 Å². The van der Waals surface area contributed by atoms with Gasteiger partial charge in [0.05, 0.1) is 10.7 Å². The zero-order valence-electron chi connectivity index (χ0n) is 12.5. The first kappa shape index (κ1) is 16.2. The first-order valence-electron chi connectivity index (χ1n) is 7.25. The number of likely N-dealkylation sites (tertiary alicyclic amines) is 1. The molecule has 6 heteroatoms. The summed E-state index contributed by atoms with van der Waals surface area (Å²) in [4.78, 5) is 14.3. The second-order valence-corrected chi connectivity index (χ2v) is 5.83. The first-order valence-corrected chi connectivity index (χ1v) is 7.63. The topological polar surface area (TPSA) is 82.2 Å². The number of nitrogens with one attached hydrogen (secondary N) is 1. The lowest BCUT2D eigenvalue weighted by Gasteiger charge is -2.32. The molecule has 0 radical (unpaired) electrons. The van der Waals surface area contributed by atoms with Crippen LogP contribution in [0.5, 0.6) is 0 Å². The van der Waals surface area contributed by atoms with Crippen molar-refractivity contribution in [2.45, 2.75) is 32.2 Å². The number of rotatable bonds is 3. The van der Waals surface area contributed by atoms with Gasteiger partial charge in [0.25, 0.3) is 5.91 Å².